The third kappa shape index (κ3) is 5.76. The first-order valence-corrected chi connectivity index (χ1v) is 13.0. The van der Waals surface area contributed by atoms with Gasteiger partial charge in [0.05, 0.1) is 20.5 Å². The lowest BCUT2D eigenvalue weighted by Crippen LogP contribution is -2.14. The summed E-state index contributed by atoms with van der Waals surface area (Å²) in [5.41, 5.74) is 2.22. The molecule has 0 unspecified atom stereocenters. The van der Waals surface area contributed by atoms with Crippen molar-refractivity contribution in [3.63, 3.8) is 0 Å². The molecule has 32 heavy (non-hydrogen) atoms. The number of benzene rings is 2. The molecule has 3 rings (SSSR count). The highest BCUT2D eigenvalue weighted by molar-refractivity contribution is 7.90. The molecule has 0 atom stereocenters. The summed E-state index contributed by atoms with van der Waals surface area (Å²) in [4.78, 5) is 27.0. The predicted molar refractivity (Wildman–Crippen MR) is 130 cm³/mol. The highest BCUT2D eigenvalue weighted by Crippen LogP contribution is 2.28. The van der Waals surface area contributed by atoms with Gasteiger partial charge in [0, 0.05) is 22.4 Å². The lowest BCUT2D eigenvalue weighted by molar-refractivity contribution is 0.102. The Balaban J connectivity index is 1.72. The van der Waals surface area contributed by atoms with Gasteiger partial charge in [-0.05, 0) is 61.4 Å². The molecular formula is C23H23ClN2O4S2. The number of nitrogens with one attached hydrogen (secondary N) is 2. The number of thiophene rings is 1. The molecule has 0 aliphatic carbocycles. The molecule has 0 saturated heterocycles. The topological polar surface area (TPSA) is 92.3 Å². The van der Waals surface area contributed by atoms with Gasteiger partial charge in [-0.2, -0.15) is 0 Å². The quantitative estimate of drug-likeness (QED) is 0.452. The maximum absolute atomic E-state index is 12.6. The van der Waals surface area contributed by atoms with Crippen LogP contribution >= 0.6 is 22.9 Å². The Hall–Kier alpha value is -2.68. The van der Waals surface area contributed by atoms with Gasteiger partial charge < -0.3 is 10.6 Å². The Bertz CT molecular complexity index is 1280. The molecule has 0 aliphatic heterocycles. The van der Waals surface area contributed by atoms with E-state index in [2.05, 4.69) is 17.6 Å². The van der Waals surface area contributed by atoms with E-state index in [0.717, 1.165) is 24.0 Å². The summed E-state index contributed by atoms with van der Waals surface area (Å²) < 4.78 is 23.4. The maximum atomic E-state index is 12.6. The highest BCUT2D eigenvalue weighted by atomic mass is 35.5. The molecule has 2 N–H and O–H groups in total. The van der Waals surface area contributed by atoms with Crippen LogP contribution in [0.3, 0.4) is 0 Å². The number of hydrogen-bond donors (Lipinski definition) is 2. The van der Waals surface area contributed by atoms with E-state index < -0.39 is 15.7 Å². The van der Waals surface area contributed by atoms with Crippen molar-refractivity contribution in [2.45, 2.75) is 31.6 Å². The summed E-state index contributed by atoms with van der Waals surface area (Å²) in [5, 5.41) is 5.73. The van der Waals surface area contributed by atoms with Gasteiger partial charge in [-0.1, -0.05) is 31.0 Å². The van der Waals surface area contributed by atoms with Crippen LogP contribution in [0.25, 0.3) is 0 Å². The predicted octanol–water partition coefficient (Wildman–Crippen LogP) is 5.57. The zero-order valence-electron chi connectivity index (χ0n) is 17.9. The summed E-state index contributed by atoms with van der Waals surface area (Å²) in [6.45, 7) is 4.11. The Morgan fingerprint density at radius 2 is 1.78 bits per heavy atom. The lowest BCUT2D eigenvalue weighted by atomic mass is 10.1. The Morgan fingerprint density at radius 3 is 2.44 bits per heavy atom. The average Bonchev–Trinajstić information content (AvgIpc) is 3.10. The van der Waals surface area contributed by atoms with Crippen molar-refractivity contribution in [2.75, 3.05) is 16.9 Å². The van der Waals surface area contributed by atoms with Crippen molar-refractivity contribution in [1.82, 2.24) is 0 Å². The molecule has 0 saturated carbocycles. The van der Waals surface area contributed by atoms with Gasteiger partial charge in [0.25, 0.3) is 11.8 Å². The normalized spacial score (nSPS) is 11.2. The number of rotatable bonds is 7. The first-order chi connectivity index (χ1) is 15.1. The van der Waals surface area contributed by atoms with E-state index in [-0.39, 0.29) is 21.4 Å². The fraction of sp³-hybridized carbons (Fsp3) is 0.217. The number of amides is 2. The average molecular weight is 491 g/mol. The van der Waals surface area contributed by atoms with Crippen LogP contribution in [0.1, 0.15) is 43.8 Å². The molecule has 0 bridgehead atoms. The zero-order valence-corrected chi connectivity index (χ0v) is 20.2. The number of halogens is 1. The second-order valence-electron chi connectivity index (χ2n) is 7.34. The van der Waals surface area contributed by atoms with E-state index in [9.17, 15) is 18.0 Å². The van der Waals surface area contributed by atoms with Gasteiger partial charge in [-0.3, -0.25) is 9.59 Å². The van der Waals surface area contributed by atoms with Crippen LogP contribution in [0.4, 0.5) is 11.4 Å². The van der Waals surface area contributed by atoms with Crippen LogP contribution in [0.15, 0.2) is 53.4 Å². The third-order valence-corrected chi connectivity index (χ3v) is 7.28. The van der Waals surface area contributed by atoms with E-state index in [1.807, 2.05) is 13.0 Å². The second kappa shape index (κ2) is 9.85. The van der Waals surface area contributed by atoms with Crippen LogP contribution in [0.5, 0.6) is 0 Å². The van der Waals surface area contributed by atoms with Crippen LogP contribution in [0, 0.1) is 6.92 Å². The maximum Gasteiger partial charge on any atom is 0.265 e. The van der Waals surface area contributed by atoms with Crippen LogP contribution in [-0.4, -0.2) is 26.5 Å². The van der Waals surface area contributed by atoms with Crippen LogP contribution < -0.4 is 10.6 Å². The zero-order chi connectivity index (χ0) is 23.5. The molecule has 1 aromatic heterocycles. The number of hydrogen-bond acceptors (Lipinski definition) is 5. The van der Waals surface area contributed by atoms with E-state index in [0.29, 0.717) is 16.3 Å². The lowest BCUT2D eigenvalue weighted by Gasteiger charge is -2.10. The number of aryl methyl sites for hydroxylation is 2. The van der Waals surface area contributed by atoms with Gasteiger partial charge in [0.1, 0.15) is 0 Å². The summed E-state index contributed by atoms with van der Waals surface area (Å²) in [6, 6.07) is 12.4. The molecule has 9 heteroatoms. The van der Waals surface area contributed by atoms with Crippen molar-refractivity contribution >= 4 is 56.0 Å². The standard InChI is InChI=1S/C23H23ClN2O4S2/c1-4-6-15-12-21(31-14(15)2)23(28)25-17-9-10-20(19(24)13-17)26-22(27)16-7-5-8-18(11-16)32(3,29)30/h5,7-13H,4,6H2,1-3H3,(H,25,28)(H,26,27). The van der Waals surface area contributed by atoms with Crippen molar-refractivity contribution < 1.29 is 18.0 Å². The summed E-state index contributed by atoms with van der Waals surface area (Å²) >= 11 is 7.76. The molecule has 6 nitrogen and oxygen atoms in total. The molecular weight excluding hydrogens is 468 g/mol. The molecule has 168 valence electrons. The molecule has 0 fully saturated rings. The van der Waals surface area contributed by atoms with Gasteiger partial charge in [-0.15, -0.1) is 11.3 Å². The summed E-state index contributed by atoms with van der Waals surface area (Å²) in [6.07, 6.45) is 3.03. The van der Waals surface area contributed by atoms with Gasteiger partial charge >= 0.3 is 0 Å². The van der Waals surface area contributed by atoms with Crippen LogP contribution in [-0.2, 0) is 16.3 Å². The summed E-state index contributed by atoms with van der Waals surface area (Å²) in [7, 11) is -3.43. The van der Waals surface area contributed by atoms with E-state index in [1.54, 1.807) is 18.2 Å². The molecule has 0 spiro atoms. The van der Waals surface area contributed by atoms with Crippen molar-refractivity contribution in [3.8, 4) is 0 Å². The monoisotopic (exact) mass is 490 g/mol. The third-order valence-electron chi connectivity index (χ3n) is 4.76. The Labute approximate surface area is 196 Å². The molecule has 0 aliphatic rings. The summed E-state index contributed by atoms with van der Waals surface area (Å²) in [5.74, 6) is -0.711. The minimum Gasteiger partial charge on any atom is -0.321 e. The van der Waals surface area contributed by atoms with E-state index in [1.165, 1.54) is 41.2 Å². The largest absolute Gasteiger partial charge is 0.321 e. The van der Waals surface area contributed by atoms with Gasteiger partial charge in [-0.25, -0.2) is 8.42 Å². The van der Waals surface area contributed by atoms with E-state index >= 15 is 0 Å². The molecule has 2 amide bonds. The minimum absolute atomic E-state index is 0.0558. The number of carbonyl (C=O) groups excluding carboxylic acids is 2. The Kier molecular flexibility index (Phi) is 7.38. The SMILES string of the molecule is CCCc1cc(C(=O)Nc2ccc(NC(=O)c3cccc(S(C)(=O)=O)c3)c(Cl)c2)sc1C. The first-order valence-electron chi connectivity index (χ1n) is 9.90. The fourth-order valence-electron chi connectivity index (χ4n) is 3.10. The smallest absolute Gasteiger partial charge is 0.265 e. The molecule has 3 aromatic rings. The van der Waals surface area contributed by atoms with Crippen molar-refractivity contribution in [3.05, 3.63) is 74.4 Å². The molecule has 2 aromatic carbocycles. The number of sulfone groups is 1. The van der Waals surface area contributed by atoms with Crippen molar-refractivity contribution in [2.24, 2.45) is 0 Å². The number of carbonyl (C=O) groups is 2. The van der Waals surface area contributed by atoms with E-state index in [4.69, 9.17) is 11.6 Å². The van der Waals surface area contributed by atoms with Gasteiger partial charge in [0.15, 0.2) is 9.84 Å². The first kappa shape index (κ1) is 24.0. The Morgan fingerprint density at radius 1 is 1.03 bits per heavy atom. The van der Waals surface area contributed by atoms with Gasteiger partial charge in [0.2, 0.25) is 0 Å². The van der Waals surface area contributed by atoms with Crippen molar-refractivity contribution in [1.29, 1.82) is 0 Å². The molecule has 0 radical (unpaired) electrons. The second-order valence-corrected chi connectivity index (χ2v) is 11.0. The number of anilines is 2. The molecule has 1 heterocycles. The fourth-order valence-corrected chi connectivity index (χ4v) is 4.96. The van der Waals surface area contributed by atoms with Crippen LogP contribution in [0.2, 0.25) is 5.02 Å². The minimum atomic E-state index is -3.43. The highest BCUT2D eigenvalue weighted by Gasteiger charge is 2.15.